The van der Waals surface area contributed by atoms with Crippen LogP contribution in [0.25, 0.3) is 16.2 Å². The number of thiazole rings is 1. The summed E-state index contributed by atoms with van der Waals surface area (Å²) in [5.74, 6) is 0.0428. The molecule has 3 heterocycles. The van der Waals surface area contributed by atoms with Gasteiger partial charge in [-0.05, 0) is 19.8 Å². The highest BCUT2D eigenvalue weighted by Crippen LogP contribution is 2.24. The van der Waals surface area contributed by atoms with Gasteiger partial charge in [0.2, 0.25) is 0 Å². The molecule has 4 rings (SSSR count). The van der Waals surface area contributed by atoms with E-state index in [-0.39, 0.29) is 12.0 Å². The summed E-state index contributed by atoms with van der Waals surface area (Å²) in [5, 5.41) is 1.90. The van der Waals surface area contributed by atoms with Crippen LogP contribution in [0.2, 0.25) is 0 Å². The number of likely N-dealkylation sites (N-methyl/N-ethyl adjacent to an activating group) is 1. The largest absolute Gasteiger partial charge is 0.376 e. The van der Waals surface area contributed by atoms with Crippen molar-refractivity contribution in [3.8, 4) is 11.3 Å². The fourth-order valence-electron chi connectivity index (χ4n) is 3.24. The van der Waals surface area contributed by atoms with Gasteiger partial charge in [0.25, 0.3) is 5.91 Å². The molecule has 2 aromatic heterocycles. The van der Waals surface area contributed by atoms with E-state index in [9.17, 15) is 4.79 Å². The summed E-state index contributed by atoms with van der Waals surface area (Å²) < 4.78 is 7.60. The zero-order chi connectivity index (χ0) is 17.2. The van der Waals surface area contributed by atoms with Crippen molar-refractivity contribution in [2.75, 3.05) is 19.7 Å². The van der Waals surface area contributed by atoms with Crippen molar-refractivity contribution in [1.82, 2.24) is 14.3 Å². The number of carbonyl (C=O) groups is 1. The molecule has 1 saturated heterocycles. The minimum atomic E-state index is 0.0428. The van der Waals surface area contributed by atoms with Gasteiger partial charge in [-0.3, -0.25) is 9.20 Å². The Hall–Kier alpha value is -2.18. The predicted molar refractivity (Wildman–Crippen MR) is 99.1 cm³/mol. The van der Waals surface area contributed by atoms with Gasteiger partial charge < -0.3 is 9.64 Å². The highest BCUT2D eigenvalue weighted by atomic mass is 32.1. The van der Waals surface area contributed by atoms with Gasteiger partial charge in [0.1, 0.15) is 5.69 Å². The van der Waals surface area contributed by atoms with Crippen LogP contribution in [0, 0.1) is 0 Å². The minimum Gasteiger partial charge on any atom is -0.376 e. The molecule has 1 atom stereocenters. The van der Waals surface area contributed by atoms with Crippen LogP contribution in [-0.4, -0.2) is 46.0 Å². The zero-order valence-electron chi connectivity index (χ0n) is 14.2. The Morgan fingerprint density at radius 1 is 1.40 bits per heavy atom. The standard InChI is InChI=1S/C19H21N3O2S/c1-2-21(11-15-9-6-10-24-15)18(23)17-13-25-19-20-16(12-22(17)19)14-7-4-3-5-8-14/h3-5,7-8,12-13,15H,2,6,9-11H2,1H3. The molecule has 1 aliphatic heterocycles. The predicted octanol–water partition coefficient (Wildman–Crippen LogP) is 3.70. The minimum absolute atomic E-state index is 0.0428. The number of ether oxygens (including phenoxy) is 1. The summed E-state index contributed by atoms with van der Waals surface area (Å²) in [7, 11) is 0. The first-order valence-electron chi connectivity index (χ1n) is 8.69. The molecule has 1 fully saturated rings. The van der Waals surface area contributed by atoms with E-state index in [1.54, 1.807) is 0 Å². The maximum absolute atomic E-state index is 13.0. The van der Waals surface area contributed by atoms with Gasteiger partial charge in [-0.25, -0.2) is 4.98 Å². The van der Waals surface area contributed by atoms with Crippen molar-refractivity contribution in [3.63, 3.8) is 0 Å². The van der Waals surface area contributed by atoms with E-state index in [1.807, 2.05) is 58.1 Å². The highest BCUT2D eigenvalue weighted by Gasteiger charge is 2.24. The first-order chi connectivity index (χ1) is 12.3. The van der Waals surface area contributed by atoms with E-state index < -0.39 is 0 Å². The van der Waals surface area contributed by atoms with Crippen molar-refractivity contribution in [2.45, 2.75) is 25.9 Å². The van der Waals surface area contributed by atoms with Crippen LogP contribution in [0.15, 0.2) is 41.9 Å². The summed E-state index contributed by atoms with van der Waals surface area (Å²) in [6, 6.07) is 10.0. The number of imidazole rings is 1. The molecule has 1 aliphatic rings. The molecule has 130 valence electrons. The lowest BCUT2D eigenvalue weighted by Gasteiger charge is -2.23. The van der Waals surface area contributed by atoms with Gasteiger partial charge in [-0.15, -0.1) is 11.3 Å². The summed E-state index contributed by atoms with van der Waals surface area (Å²) in [6.07, 6.45) is 4.24. The zero-order valence-corrected chi connectivity index (χ0v) is 15.0. The fraction of sp³-hybridized carbons (Fsp3) is 0.368. The Morgan fingerprint density at radius 2 is 2.24 bits per heavy atom. The van der Waals surface area contributed by atoms with E-state index in [2.05, 4.69) is 4.98 Å². The van der Waals surface area contributed by atoms with Crippen LogP contribution >= 0.6 is 11.3 Å². The molecule has 25 heavy (non-hydrogen) atoms. The number of fused-ring (bicyclic) bond motifs is 1. The third-order valence-electron chi connectivity index (χ3n) is 4.61. The Morgan fingerprint density at radius 3 is 2.96 bits per heavy atom. The van der Waals surface area contributed by atoms with Gasteiger partial charge in [0.15, 0.2) is 4.96 Å². The molecule has 1 unspecified atom stereocenters. The average Bonchev–Trinajstić information content (AvgIpc) is 3.36. The maximum atomic E-state index is 13.0. The number of nitrogens with zero attached hydrogens (tertiary/aromatic N) is 3. The van der Waals surface area contributed by atoms with E-state index >= 15 is 0 Å². The van der Waals surface area contributed by atoms with E-state index in [4.69, 9.17) is 4.74 Å². The average molecular weight is 355 g/mol. The monoisotopic (exact) mass is 355 g/mol. The van der Waals surface area contributed by atoms with Crippen LogP contribution in [-0.2, 0) is 4.74 Å². The number of amides is 1. The highest BCUT2D eigenvalue weighted by molar-refractivity contribution is 7.15. The van der Waals surface area contributed by atoms with Gasteiger partial charge in [-0.1, -0.05) is 30.3 Å². The fourth-order valence-corrected chi connectivity index (χ4v) is 4.08. The Balaban J connectivity index is 1.61. The quantitative estimate of drug-likeness (QED) is 0.701. The van der Waals surface area contributed by atoms with Gasteiger partial charge in [0, 0.05) is 36.8 Å². The summed E-state index contributed by atoms with van der Waals surface area (Å²) >= 11 is 1.50. The number of hydrogen-bond donors (Lipinski definition) is 0. The van der Waals surface area contributed by atoms with E-state index in [1.165, 1.54) is 11.3 Å². The molecule has 1 amide bonds. The molecule has 0 N–H and O–H groups in total. The van der Waals surface area contributed by atoms with E-state index in [0.717, 1.165) is 35.7 Å². The number of rotatable bonds is 5. The second-order valence-corrected chi connectivity index (χ2v) is 7.08. The summed E-state index contributed by atoms with van der Waals surface area (Å²) in [4.78, 5) is 20.4. The SMILES string of the molecule is CCN(CC1CCCO1)C(=O)c1csc2nc(-c3ccccc3)cn12. The molecule has 6 heteroatoms. The molecule has 0 aliphatic carbocycles. The van der Waals surface area contributed by atoms with Gasteiger partial charge in [-0.2, -0.15) is 0 Å². The molecule has 3 aromatic rings. The number of aromatic nitrogens is 2. The lowest BCUT2D eigenvalue weighted by molar-refractivity contribution is 0.0534. The van der Waals surface area contributed by atoms with Crippen molar-refractivity contribution < 1.29 is 9.53 Å². The van der Waals surface area contributed by atoms with E-state index in [0.29, 0.717) is 18.8 Å². The van der Waals surface area contributed by atoms with Crippen molar-refractivity contribution in [3.05, 3.63) is 47.6 Å². The third kappa shape index (κ3) is 3.19. The number of carbonyl (C=O) groups excluding carboxylic acids is 1. The van der Waals surface area contributed by atoms with Crippen LogP contribution in [0.3, 0.4) is 0 Å². The maximum Gasteiger partial charge on any atom is 0.271 e. The molecule has 5 nitrogen and oxygen atoms in total. The summed E-state index contributed by atoms with van der Waals surface area (Å²) in [5.41, 5.74) is 2.63. The first kappa shape index (κ1) is 16.3. The number of hydrogen-bond acceptors (Lipinski definition) is 4. The van der Waals surface area contributed by atoms with Crippen molar-refractivity contribution in [2.24, 2.45) is 0 Å². The second kappa shape index (κ2) is 6.98. The molecule has 0 spiro atoms. The van der Waals surface area contributed by atoms with Gasteiger partial charge >= 0.3 is 0 Å². The van der Waals surface area contributed by atoms with Crippen molar-refractivity contribution >= 4 is 22.2 Å². The number of benzene rings is 1. The van der Waals surface area contributed by atoms with Crippen LogP contribution in [0.5, 0.6) is 0 Å². The topological polar surface area (TPSA) is 46.8 Å². The molecular weight excluding hydrogens is 334 g/mol. The Kier molecular flexibility index (Phi) is 4.55. The first-order valence-corrected chi connectivity index (χ1v) is 9.57. The Labute approximate surface area is 150 Å². The van der Waals surface area contributed by atoms with Crippen molar-refractivity contribution in [1.29, 1.82) is 0 Å². The smallest absolute Gasteiger partial charge is 0.271 e. The van der Waals surface area contributed by atoms with Crippen LogP contribution in [0.4, 0.5) is 0 Å². The van der Waals surface area contributed by atoms with Crippen LogP contribution in [0.1, 0.15) is 30.3 Å². The molecule has 1 aromatic carbocycles. The van der Waals surface area contributed by atoms with Crippen LogP contribution < -0.4 is 0 Å². The second-order valence-electron chi connectivity index (χ2n) is 6.24. The molecule has 0 bridgehead atoms. The molecule has 0 saturated carbocycles. The normalized spacial score (nSPS) is 17.2. The molecule has 0 radical (unpaired) electrons. The lowest BCUT2D eigenvalue weighted by Crippen LogP contribution is -2.37. The van der Waals surface area contributed by atoms with Gasteiger partial charge in [0.05, 0.1) is 11.8 Å². The Bertz CT molecular complexity index is 865. The lowest BCUT2D eigenvalue weighted by atomic mass is 10.2. The molecular formula is C19H21N3O2S. The summed E-state index contributed by atoms with van der Waals surface area (Å²) in [6.45, 7) is 4.16. The third-order valence-corrected chi connectivity index (χ3v) is 5.45.